The van der Waals surface area contributed by atoms with Crippen LogP contribution in [0.3, 0.4) is 0 Å². The summed E-state index contributed by atoms with van der Waals surface area (Å²) in [5.74, 6) is 0.961. The van der Waals surface area contributed by atoms with Crippen molar-refractivity contribution in [1.29, 1.82) is 0 Å². The zero-order valence-electron chi connectivity index (χ0n) is 20.2. The predicted octanol–water partition coefficient (Wildman–Crippen LogP) is 1.84. The maximum atomic E-state index is 12.9. The summed E-state index contributed by atoms with van der Waals surface area (Å²) in [6.45, 7) is 1.63. The molecule has 4 aromatic heterocycles. The van der Waals surface area contributed by atoms with E-state index >= 15 is 0 Å². The molecule has 2 aliphatic heterocycles. The highest BCUT2D eigenvalue weighted by Gasteiger charge is 2.27. The minimum Gasteiger partial charge on any atom is -0.470 e. The largest absolute Gasteiger partial charge is 0.470 e. The second-order valence-corrected chi connectivity index (χ2v) is 12.6. The maximum absolute atomic E-state index is 12.9. The number of carbonyl (C=O) groups excluding carboxylic acids is 1. The molecular formula is C24H26N6O5S2. The van der Waals surface area contributed by atoms with Crippen LogP contribution in [0, 0.1) is 0 Å². The summed E-state index contributed by atoms with van der Waals surface area (Å²) >= 11 is 1.46. The van der Waals surface area contributed by atoms with E-state index in [-0.39, 0.29) is 36.6 Å². The van der Waals surface area contributed by atoms with Gasteiger partial charge in [0.05, 0.1) is 47.7 Å². The molecule has 4 aromatic rings. The molecular weight excluding hydrogens is 516 g/mol. The number of sulfone groups is 1. The lowest BCUT2D eigenvalue weighted by Crippen LogP contribution is -2.43. The normalized spacial score (nSPS) is 19.5. The highest BCUT2D eigenvalue weighted by molar-refractivity contribution is 7.91. The van der Waals surface area contributed by atoms with Crippen molar-refractivity contribution in [2.75, 3.05) is 37.8 Å². The number of hydrogen-bond acceptors (Lipinski definition) is 9. The van der Waals surface area contributed by atoms with Gasteiger partial charge in [-0.3, -0.25) is 9.48 Å². The molecule has 2 saturated heterocycles. The topological polar surface area (TPSA) is 121 Å². The smallest absolute Gasteiger partial charge is 0.254 e. The fourth-order valence-electron chi connectivity index (χ4n) is 4.57. The molecule has 0 aliphatic carbocycles. The van der Waals surface area contributed by atoms with Gasteiger partial charge in [0.15, 0.2) is 9.84 Å². The Morgan fingerprint density at radius 3 is 2.84 bits per heavy atom. The van der Waals surface area contributed by atoms with Gasteiger partial charge in [0.1, 0.15) is 17.4 Å². The fourth-order valence-corrected chi connectivity index (χ4v) is 6.63. The van der Waals surface area contributed by atoms with Crippen LogP contribution in [0.1, 0.15) is 27.5 Å². The van der Waals surface area contributed by atoms with E-state index in [1.807, 2.05) is 41.5 Å². The number of thiophene rings is 1. The molecule has 0 saturated carbocycles. The lowest BCUT2D eigenvalue weighted by atomic mass is 10.2. The van der Waals surface area contributed by atoms with Gasteiger partial charge >= 0.3 is 0 Å². The number of ether oxygens (including phenoxy) is 2. The molecule has 0 spiro atoms. The van der Waals surface area contributed by atoms with Gasteiger partial charge in [0.2, 0.25) is 5.88 Å². The van der Waals surface area contributed by atoms with Crippen molar-refractivity contribution >= 4 is 38.1 Å². The van der Waals surface area contributed by atoms with Crippen molar-refractivity contribution < 1.29 is 22.7 Å². The number of fused-ring (bicyclic) bond motifs is 1. The molecule has 11 nitrogen and oxygen atoms in total. The Hall–Kier alpha value is -3.29. The first-order valence-corrected chi connectivity index (χ1v) is 14.7. The molecule has 0 radical (unpaired) electrons. The van der Waals surface area contributed by atoms with Gasteiger partial charge in [0, 0.05) is 55.6 Å². The maximum Gasteiger partial charge on any atom is 0.254 e. The lowest BCUT2D eigenvalue weighted by molar-refractivity contribution is 0.0770. The summed E-state index contributed by atoms with van der Waals surface area (Å²) in [6.07, 6.45) is 6.78. The summed E-state index contributed by atoms with van der Waals surface area (Å²) in [5, 5.41) is 6.09. The van der Waals surface area contributed by atoms with Gasteiger partial charge in [-0.2, -0.15) is 10.1 Å². The molecule has 2 fully saturated rings. The van der Waals surface area contributed by atoms with E-state index in [1.165, 1.54) is 11.3 Å². The third kappa shape index (κ3) is 4.98. The van der Waals surface area contributed by atoms with Gasteiger partial charge in [-0.15, -0.1) is 11.3 Å². The second-order valence-electron chi connectivity index (χ2n) is 9.26. The van der Waals surface area contributed by atoms with Crippen LogP contribution in [0.4, 0.5) is 0 Å². The number of amides is 1. The molecule has 1 atom stereocenters. The Bertz CT molecular complexity index is 1550. The van der Waals surface area contributed by atoms with Crippen LogP contribution >= 0.6 is 11.3 Å². The SMILES string of the molecule is Cn1cc(-n2ccc3nc(Cc4cc(C(=O)N5CCS(=O)(=O)CC5)cs4)nc(O[C@H]4CCOC4)c32)cn1. The Kier molecular flexibility index (Phi) is 6.21. The molecule has 2 aliphatic rings. The number of aryl methyl sites for hydroxylation is 1. The summed E-state index contributed by atoms with van der Waals surface area (Å²) in [5.41, 5.74) is 2.96. The number of rotatable bonds is 6. The molecule has 0 aromatic carbocycles. The third-order valence-electron chi connectivity index (χ3n) is 6.55. The number of carbonyl (C=O) groups is 1. The van der Waals surface area contributed by atoms with Crippen molar-refractivity contribution in [1.82, 2.24) is 29.2 Å². The average Bonchev–Trinajstić information content (AvgIpc) is 3.66. The molecule has 6 heterocycles. The quantitative estimate of drug-likeness (QED) is 0.362. The summed E-state index contributed by atoms with van der Waals surface area (Å²) in [4.78, 5) is 25.0. The molecule has 0 unspecified atom stereocenters. The van der Waals surface area contributed by atoms with E-state index in [4.69, 9.17) is 19.4 Å². The van der Waals surface area contributed by atoms with E-state index in [0.717, 1.165) is 28.0 Å². The van der Waals surface area contributed by atoms with E-state index in [2.05, 4.69) is 5.10 Å². The minimum atomic E-state index is -3.05. The molecule has 0 N–H and O–H groups in total. The highest BCUT2D eigenvalue weighted by atomic mass is 32.2. The van der Waals surface area contributed by atoms with Crippen LogP contribution < -0.4 is 4.74 Å². The Morgan fingerprint density at radius 2 is 2.11 bits per heavy atom. The predicted molar refractivity (Wildman–Crippen MR) is 137 cm³/mol. The monoisotopic (exact) mass is 542 g/mol. The summed E-state index contributed by atoms with van der Waals surface area (Å²) in [6, 6.07) is 3.77. The number of aromatic nitrogens is 5. The Morgan fingerprint density at radius 1 is 1.27 bits per heavy atom. The third-order valence-corrected chi connectivity index (χ3v) is 9.09. The average molecular weight is 543 g/mol. The summed E-state index contributed by atoms with van der Waals surface area (Å²) < 4.78 is 38.9. The second kappa shape index (κ2) is 9.54. The van der Waals surface area contributed by atoms with Crippen LogP contribution in [0.5, 0.6) is 5.88 Å². The van der Waals surface area contributed by atoms with E-state index in [9.17, 15) is 13.2 Å². The van der Waals surface area contributed by atoms with Crippen LogP contribution in [-0.4, -0.2) is 87.5 Å². The van der Waals surface area contributed by atoms with Crippen LogP contribution in [0.25, 0.3) is 16.7 Å². The zero-order valence-corrected chi connectivity index (χ0v) is 21.9. The van der Waals surface area contributed by atoms with Crippen molar-refractivity contribution in [3.05, 3.63) is 52.4 Å². The highest BCUT2D eigenvalue weighted by Crippen LogP contribution is 2.30. The van der Waals surface area contributed by atoms with Crippen LogP contribution in [0.2, 0.25) is 0 Å². The number of hydrogen-bond donors (Lipinski definition) is 0. The van der Waals surface area contributed by atoms with Gasteiger partial charge in [-0.05, 0) is 12.1 Å². The molecule has 6 rings (SSSR count). The number of nitrogens with zero attached hydrogens (tertiary/aromatic N) is 6. The van der Waals surface area contributed by atoms with Crippen molar-refractivity contribution in [3.63, 3.8) is 0 Å². The van der Waals surface area contributed by atoms with E-state index in [1.54, 1.807) is 15.8 Å². The van der Waals surface area contributed by atoms with Crippen molar-refractivity contribution in [3.8, 4) is 11.6 Å². The van der Waals surface area contributed by atoms with Crippen LogP contribution in [0.15, 0.2) is 36.1 Å². The lowest BCUT2D eigenvalue weighted by Gasteiger charge is -2.26. The minimum absolute atomic E-state index is 0.0110. The first kappa shape index (κ1) is 24.1. The van der Waals surface area contributed by atoms with Crippen molar-refractivity contribution in [2.45, 2.75) is 18.9 Å². The first-order chi connectivity index (χ1) is 17.8. The van der Waals surface area contributed by atoms with E-state index < -0.39 is 9.84 Å². The van der Waals surface area contributed by atoms with Gasteiger partial charge < -0.3 is 18.9 Å². The molecule has 37 heavy (non-hydrogen) atoms. The fraction of sp³-hybridized carbons (Fsp3) is 0.417. The Balaban J connectivity index is 1.27. The molecule has 194 valence electrons. The molecule has 13 heteroatoms. The van der Waals surface area contributed by atoms with Gasteiger partial charge in [0.25, 0.3) is 5.91 Å². The van der Waals surface area contributed by atoms with E-state index in [0.29, 0.717) is 36.9 Å². The van der Waals surface area contributed by atoms with Gasteiger partial charge in [-0.25, -0.2) is 13.4 Å². The standard InChI is InChI=1S/C24H26N6O5S2/c1-28-13-17(12-25-28)30-4-2-20-22(30)23(35-18-3-7-34-14-18)27-21(26-20)11-19-10-16(15-36-19)24(31)29-5-8-37(32,33)9-6-29/h2,4,10,12-13,15,18H,3,5-9,11,14H2,1H3/t18-/m0/s1. The summed E-state index contributed by atoms with van der Waals surface area (Å²) in [7, 11) is -1.18. The zero-order chi connectivity index (χ0) is 25.6. The first-order valence-electron chi connectivity index (χ1n) is 12.0. The Labute approximate surface area is 217 Å². The van der Waals surface area contributed by atoms with Crippen molar-refractivity contribution in [2.24, 2.45) is 7.05 Å². The van der Waals surface area contributed by atoms with Crippen LogP contribution in [-0.2, 0) is 28.0 Å². The molecule has 1 amide bonds. The molecule has 0 bridgehead atoms. The van der Waals surface area contributed by atoms with Gasteiger partial charge in [-0.1, -0.05) is 0 Å².